The van der Waals surface area contributed by atoms with Gasteiger partial charge in [-0.25, -0.2) is 0 Å². The lowest BCUT2D eigenvalue weighted by Crippen LogP contribution is -2.49. The highest BCUT2D eigenvalue weighted by atomic mass is 16.5. The molecule has 1 saturated heterocycles. The first kappa shape index (κ1) is 22.8. The van der Waals surface area contributed by atoms with E-state index in [9.17, 15) is 0 Å². The molecule has 0 unspecified atom stereocenters. The van der Waals surface area contributed by atoms with E-state index in [1.807, 2.05) is 0 Å². The Kier molecular flexibility index (Phi) is 5.84. The molecule has 1 N–H and O–H groups in total. The molecule has 1 heterocycles. The van der Waals surface area contributed by atoms with Crippen LogP contribution in [0.2, 0.25) is 0 Å². The highest BCUT2D eigenvalue weighted by molar-refractivity contribution is 6.65. The molecule has 0 amide bonds. The summed E-state index contributed by atoms with van der Waals surface area (Å²) in [5.41, 5.74) is 3.10. The van der Waals surface area contributed by atoms with Crippen LogP contribution in [-0.4, -0.2) is 13.1 Å². The maximum atomic E-state index is 7.48. The van der Waals surface area contributed by atoms with Crippen molar-refractivity contribution in [1.82, 2.24) is 5.23 Å². The zero-order chi connectivity index (χ0) is 24.7. The molecule has 5 aromatic carbocycles. The molecule has 2 nitrogen and oxygen atoms in total. The Bertz CT molecular complexity index is 1450. The number of benzene rings is 5. The second-order valence-corrected chi connectivity index (χ2v) is 10.7. The average Bonchev–Trinajstić information content (AvgIpc) is 3.39. The minimum absolute atomic E-state index is 0.162. The molecule has 1 aliphatic carbocycles. The van der Waals surface area contributed by atoms with Gasteiger partial charge < -0.3 is 9.88 Å². The number of hydrogen-bond acceptors (Lipinski definition) is 2. The van der Waals surface area contributed by atoms with E-state index in [2.05, 4.69) is 120 Å². The van der Waals surface area contributed by atoms with Gasteiger partial charge in [0.15, 0.2) is 0 Å². The van der Waals surface area contributed by atoms with Gasteiger partial charge in [-0.05, 0) is 56.9 Å². The van der Waals surface area contributed by atoms with E-state index >= 15 is 0 Å². The topological polar surface area (TPSA) is 21.3 Å². The van der Waals surface area contributed by atoms with E-state index in [-0.39, 0.29) is 13.1 Å². The fourth-order valence-electron chi connectivity index (χ4n) is 7.01. The SMILES string of the molecule is c1ccc(B2N[C@H](C3CCCCC3)C(c3cccc4ccccc34)(c3cccc4ccccc34)O2)cc1. The van der Waals surface area contributed by atoms with Gasteiger partial charge in [0.05, 0.1) is 0 Å². The molecule has 0 radical (unpaired) electrons. The fourth-order valence-corrected chi connectivity index (χ4v) is 7.01. The molecule has 5 aromatic rings. The first-order chi connectivity index (χ1) is 18.3. The summed E-state index contributed by atoms with van der Waals surface area (Å²) < 4.78 is 7.48. The number of fused-ring (bicyclic) bond motifs is 2. The van der Waals surface area contributed by atoms with Crippen LogP contribution in [0.5, 0.6) is 0 Å². The van der Waals surface area contributed by atoms with Gasteiger partial charge in [0.2, 0.25) is 0 Å². The van der Waals surface area contributed by atoms with Crippen LogP contribution >= 0.6 is 0 Å². The molecular weight excluding hydrogens is 449 g/mol. The van der Waals surface area contributed by atoms with Crippen molar-refractivity contribution in [1.29, 1.82) is 0 Å². The van der Waals surface area contributed by atoms with Gasteiger partial charge in [-0.1, -0.05) is 135 Å². The smallest absolute Gasteiger partial charge is 0.402 e. The van der Waals surface area contributed by atoms with Gasteiger partial charge in [0.1, 0.15) is 5.60 Å². The third-order valence-corrected chi connectivity index (χ3v) is 8.68. The maximum absolute atomic E-state index is 7.48. The zero-order valence-electron chi connectivity index (χ0n) is 21.1. The van der Waals surface area contributed by atoms with Crippen LogP contribution in [0.4, 0.5) is 0 Å². The lowest BCUT2D eigenvalue weighted by Gasteiger charge is -2.42. The van der Waals surface area contributed by atoms with Crippen molar-refractivity contribution in [2.24, 2.45) is 5.92 Å². The zero-order valence-corrected chi connectivity index (χ0v) is 21.1. The van der Waals surface area contributed by atoms with Crippen LogP contribution in [0, 0.1) is 5.92 Å². The monoisotopic (exact) mass is 481 g/mol. The summed E-state index contributed by atoms with van der Waals surface area (Å²) in [6, 6.07) is 41.9. The summed E-state index contributed by atoms with van der Waals surface area (Å²) in [6.45, 7) is 0. The number of nitrogens with one attached hydrogen (secondary N) is 1. The number of hydrogen-bond donors (Lipinski definition) is 1. The Morgan fingerprint density at radius 3 is 1.76 bits per heavy atom. The summed E-state index contributed by atoms with van der Waals surface area (Å²) in [4.78, 5) is 0. The van der Waals surface area contributed by atoms with E-state index in [4.69, 9.17) is 4.65 Å². The minimum atomic E-state index is -0.621. The van der Waals surface area contributed by atoms with Crippen molar-refractivity contribution >= 4 is 34.1 Å². The quantitative estimate of drug-likeness (QED) is 0.274. The molecule has 2 fully saturated rings. The Labute approximate surface area is 219 Å². The summed E-state index contributed by atoms with van der Waals surface area (Å²) >= 11 is 0. The average molecular weight is 481 g/mol. The van der Waals surface area contributed by atoms with Gasteiger partial charge in [0.25, 0.3) is 0 Å². The molecule has 0 aromatic heterocycles. The molecule has 1 aliphatic heterocycles. The molecule has 182 valence electrons. The molecule has 1 atom stereocenters. The van der Waals surface area contributed by atoms with Crippen LogP contribution in [0.1, 0.15) is 43.2 Å². The van der Waals surface area contributed by atoms with Crippen molar-refractivity contribution in [2.45, 2.75) is 43.7 Å². The molecule has 7 rings (SSSR count). The summed E-state index contributed by atoms with van der Waals surface area (Å²) in [7, 11) is -0.175. The molecule has 0 bridgehead atoms. The van der Waals surface area contributed by atoms with Crippen LogP contribution in [0.15, 0.2) is 115 Å². The van der Waals surface area contributed by atoms with Crippen molar-refractivity contribution < 1.29 is 4.65 Å². The van der Waals surface area contributed by atoms with Crippen LogP contribution in [-0.2, 0) is 10.3 Å². The summed E-state index contributed by atoms with van der Waals surface area (Å²) in [5, 5.41) is 9.13. The lowest BCUT2D eigenvalue weighted by molar-refractivity contribution is 0.0811. The standard InChI is InChI=1S/C34H32BNO/c1-3-15-27(16-4-1)33-34(37-35(36-33)28-19-5-2-6-20-28,31-23-11-17-25-13-7-9-21-29(25)31)32-24-12-18-26-14-8-10-22-30(26)32/h2,5-14,17-24,27,33,36H,1,3-4,15-16H2/t33-/m1/s1. The molecule has 3 heteroatoms. The van der Waals surface area contributed by atoms with E-state index in [0.717, 1.165) is 0 Å². The molecule has 37 heavy (non-hydrogen) atoms. The minimum Gasteiger partial charge on any atom is -0.402 e. The van der Waals surface area contributed by atoms with Crippen molar-refractivity contribution in [2.75, 3.05) is 0 Å². The van der Waals surface area contributed by atoms with Crippen LogP contribution in [0.3, 0.4) is 0 Å². The Morgan fingerprint density at radius 2 is 1.14 bits per heavy atom. The second-order valence-electron chi connectivity index (χ2n) is 10.7. The predicted octanol–water partition coefficient (Wildman–Crippen LogP) is 7.20. The Balaban J connectivity index is 1.54. The van der Waals surface area contributed by atoms with Crippen LogP contribution in [0.25, 0.3) is 21.5 Å². The van der Waals surface area contributed by atoms with E-state index in [1.165, 1.54) is 70.2 Å². The fraction of sp³-hybridized carbons (Fsp3) is 0.235. The first-order valence-corrected chi connectivity index (χ1v) is 13.8. The third kappa shape index (κ3) is 3.80. The van der Waals surface area contributed by atoms with Gasteiger partial charge in [-0.3, -0.25) is 0 Å². The second kappa shape index (κ2) is 9.48. The van der Waals surface area contributed by atoms with Crippen molar-refractivity contribution in [3.8, 4) is 0 Å². The normalized spacial score (nSPS) is 20.0. The molecule has 0 spiro atoms. The molecule has 1 saturated carbocycles. The van der Waals surface area contributed by atoms with E-state index < -0.39 is 5.60 Å². The van der Waals surface area contributed by atoms with Crippen molar-refractivity contribution in [3.63, 3.8) is 0 Å². The summed E-state index contributed by atoms with van der Waals surface area (Å²) in [5.74, 6) is 0.542. The van der Waals surface area contributed by atoms with E-state index in [0.29, 0.717) is 5.92 Å². The third-order valence-electron chi connectivity index (χ3n) is 8.68. The van der Waals surface area contributed by atoms with Gasteiger partial charge >= 0.3 is 7.05 Å². The summed E-state index contributed by atoms with van der Waals surface area (Å²) in [6.07, 6.45) is 6.39. The van der Waals surface area contributed by atoms with Crippen LogP contribution < -0.4 is 10.7 Å². The molecule has 2 aliphatic rings. The highest BCUT2D eigenvalue weighted by Crippen LogP contribution is 2.50. The molecular formula is C34H32BNO. The van der Waals surface area contributed by atoms with Gasteiger partial charge in [-0.15, -0.1) is 0 Å². The van der Waals surface area contributed by atoms with E-state index in [1.54, 1.807) is 0 Å². The Morgan fingerprint density at radius 1 is 0.595 bits per heavy atom. The van der Waals surface area contributed by atoms with Gasteiger partial charge in [-0.2, -0.15) is 0 Å². The van der Waals surface area contributed by atoms with Gasteiger partial charge in [0, 0.05) is 6.04 Å². The first-order valence-electron chi connectivity index (χ1n) is 13.8. The van der Waals surface area contributed by atoms with Crippen molar-refractivity contribution in [3.05, 3.63) is 126 Å². The largest absolute Gasteiger partial charge is 0.417 e. The maximum Gasteiger partial charge on any atom is 0.417 e. The predicted molar refractivity (Wildman–Crippen MR) is 155 cm³/mol. The Hall–Kier alpha value is -3.40. The lowest BCUT2D eigenvalue weighted by atomic mass is 9.69. The number of rotatable bonds is 4. The highest BCUT2D eigenvalue weighted by Gasteiger charge is 2.56.